The number of carbonyl (C=O) groups is 1. The fourth-order valence-corrected chi connectivity index (χ4v) is 3.98. The van der Waals surface area contributed by atoms with Crippen molar-refractivity contribution in [1.82, 2.24) is 14.9 Å². The predicted molar refractivity (Wildman–Crippen MR) is 112 cm³/mol. The van der Waals surface area contributed by atoms with Crippen molar-refractivity contribution in [3.05, 3.63) is 51.9 Å². The Morgan fingerprint density at radius 3 is 2.93 bits per heavy atom. The van der Waals surface area contributed by atoms with Crippen LogP contribution in [0.1, 0.15) is 42.4 Å². The highest BCUT2D eigenvalue weighted by atomic mass is 79.9. The first kappa shape index (κ1) is 18.6. The van der Waals surface area contributed by atoms with Crippen LogP contribution in [0.4, 0.5) is 5.82 Å². The maximum atomic E-state index is 13.0. The topological polar surface area (TPSA) is 49.3 Å². The number of hydrogen-bond acceptors (Lipinski definition) is 5. The Bertz CT molecular complexity index is 843. The van der Waals surface area contributed by atoms with E-state index in [4.69, 9.17) is 4.98 Å². The molecule has 0 amide bonds. The molecule has 0 atom stereocenters. The Balaban J connectivity index is 0.00000225. The van der Waals surface area contributed by atoms with Gasteiger partial charge in [-0.2, -0.15) is 0 Å². The molecule has 0 radical (unpaired) electrons. The lowest BCUT2D eigenvalue weighted by Gasteiger charge is -2.23. The second kappa shape index (κ2) is 8.07. The molecule has 2 aliphatic rings. The minimum absolute atomic E-state index is 0. The minimum atomic E-state index is -0.0756. The fraction of sp³-hybridized carbons (Fsp3) is 0.476. The van der Waals surface area contributed by atoms with Crippen LogP contribution in [-0.4, -0.2) is 53.4 Å². The maximum absolute atomic E-state index is 13.0. The first-order chi connectivity index (χ1) is 13.1. The lowest BCUT2D eigenvalue weighted by Crippen LogP contribution is -2.32. The smallest absolute Gasteiger partial charge is 0.213 e. The van der Waals surface area contributed by atoms with Crippen LogP contribution in [0.2, 0.25) is 0 Å². The summed E-state index contributed by atoms with van der Waals surface area (Å²) in [6.07, 6.45) is 5.65. The molecule has 1 saturated heterocycles. The molecule has 6 heteroatoms. The molecule has 4 rings (SSSR count). The van der Waals surface area contributed by atoms with E-state index in [0.717, 1.165) is 54.5 Å². The highest BCUT2D eigenvalue weighted by Gasteiger charge is 2.26. The molecule has 0 bridgehead atoms. The van der Waals surface area contributed by atoms with E-state index in [1.54, 1.807) is 12.3 Å². The second-order valence-corrected chi connectivity index (χ2v) is 8.50. The largest absolute Gasteiger partial charge is 0.355 e. The van der Waals surface area contributed by atoms with Crippen molar-refractivity contribution in [2.75, 3.05) is 37.6 Å². The molecule has 2 fully saturated rings. The zero-order valence-electron chi connectivity index (χ0n) is 15.7. The Hall–Kier alpha value is -1.79. The molecule has 27 heavy (non-hydrogen) atoms. The van der Waals surface area contributed by atoms with Gasteiger partial charge in [-0.1, -0.05) is 6.07 Å². The summed E-state index contributed by atoms with van der Waals surface area (Å²) in [5.41, 5.74) is 1.80. The van der Waals surface area contributed by atoms with Gasteiger partial charge in [0.25, 0.3) is 0 Å². The van der Waals surface area contributed by atoms with Crippen LogP contribution in [0.3, 0.4) is 0 Å². The third-order valence-corrected chi connectivity index (χ3v) is 5.82. The molecule has 0 N–H and O–H groups in total. The van der Waals surface area contributed by atoms with E-state index in [0.29, 0.717) is 11.3 Å². The average molecular weight is 431 g/mol. The normalized spacial score (nSPS) is 18.4. The Morgan fingerprint density at radius 1 is 1.26 bits per heavy atom. The van der Waals surface area contributed by atoms with E-state index in [1.165, 1.54) is 19.4 Å². The number of hydrogen-bond donors (Lipinski definition) is 0. The predicted octanol–water partition coefficient (Wildman–Crippen LogP) is 3.95. The minimum Gasteiger partial charge on any atom is -0.355 e. The van der Waals surface area contributed by atoms with Crippen molar-refractivity contribution in [3.63, 3.8) is 0 Å². The van der Waals surface area contributed by atoms with E-state index in [9.17, 15) is 4.79 Å². The van der Waals surface area contributed by atoms with E-state index >= 15 is 0 Å². The van der Waals surface area contributed by atoms with Gasteiger partial charge in [-0.25, -0.2) is 4.98 Å². The first-order valence-corrected chi connectivity index (χ1v) is 10.5. The number of ketones is 1. The number of carbonyl (C=O) groups excluding carboxylic acids is 1. The van der Waals surface area contributed by atoms with E-state index in [1.807, 2.05) is 25.1 Å². The van der Waals surface area contributed by atoms with Crippen molar-refractivity contribution in [2.24, 2.45) is 5.92 Å². The number of anilines is 1. The van der Waals surface area contributed by atoms with Crippen LogP contribution in [0.25, 0.3) is 0 Å². The number of aromatic nitrogens is 2. The molecule has 0 spiro atoms. The molecule has 1 saturated carbocycles. The van der Waals surface area contributed by atoms with Crippen molar-refractivity contribution in [3.8, 4) is 0 Å². The Morgan fingerprint density at radius 2 is 2.11 bits per heavy atom. The molecule has 0 aromatic carbocycles. The Kier molecular flexibility index (Phi) is 5.55. The van der Waals surface area contributed by atoms with Crippen molar-refractivity contribution < 1.29 is 6.22 Å². The summed E-state index contributed by atoms with van der Waals surface area (Å²) in [6, 6.07) is 7.56. The summed E-state index contributed by atoms with van der Waals surface area (Å²) in [6.45, 7) is 7.29. The van der Waals surface area contributed by atoms with Gasteiger partial charge in [-0.05, 0) is 72.8 Å². The van der Waals surface area contributed by atoms with Crippen molar-refractivity contribution >= 4 is 27.5 Å². The third kappa shape index (κ3) is 4.55. The fourth-order valence-electron chi connectivity index (χ4n) is 3.65. The number of rotatable bonds is 5. The molecule has 144 valence electrons. The van der Waals surface area contributed by atoms with E-state index < -0.39 is 0 Å². The van der Waals surface area contributed by atoms with Gasteiger partial charge >= 0.3 is 0 Å². The van der Waals surface area contributed by atoms with Gasteiger partial charge in [0.15, 0.2) is 0 Å². The van der Waals surface area contributed by atoms with Gasteiger partial charge in [-0.3, -0.25) is 9.78 Å². The molecule has 1 aliphatic heterocycles. The van der Waals surface area contributed by atoms with Gasteiger partial charge in [0, 0.05) is 49.5 Å². The Labute approximate surface area is 170 Å². The SMILES string of the molecule is Cc1ncc(Br)cc1C(=O)c1cccc(N2CCCN(CC3CC3)CC2)n1.[HH]. The molecular weight excluding hydrogens is 404 g/mol. The molecule has 0 unspecified atom stereocenters. The number of nitrogens with zero attached hydrogens (tertiary/aromatic N) is 4. The van der Waals surface area contributed by atoms with Gasteiger partial charge in [0.05, 0.1) is 0 Å². The molecule has 2 aromatic heterocycles. The maximum Gasteiger partial charge on any atom is 0.213 e. The molecule has 3 heterocycles. The number of halogens is 1. The summed E-state index contributed by atoms with van der Waals surface area (Å²) in [5, 5.41) is 0. The molecule has 5 nitrogen and oxygen atoms in total. The zero-order chi connectivity index (χ0) is 18.8. The van der Waals surface area contributed by atoms with Gasteiger partial charge < -0.3 is 9.80 Å². The molecule has 2 aromatic rings. The average Bonchev–Trinajstić information content (AvgIpc) is 3.51. The van der Waals surface area contributed by atoms with Gasteiger partial charge in [0.1, 0.15) is 11.5 Å². The third-order valence-electron chi connectivity index (χ3n) is 5.39. The summed E-state index contributed by atoms with van der Waals surface area (Å²) < 4.78 is 0.802. The number of aryl methyl sites for hydroxylation is 1. The summed E-state index contributed by atoms with van der Waals surface area (Å²) in [7, 11) is 0. The monoisotopic (exact) mass is 430 g/mol. The molecular formula is C21H27BrN4O. The summed E-state index contributed by atoms with van der Waals surface area (Å²) >= 11 is 3.40. The van der Waals surface area contributed by atoms with Crippen LogP contribution >= 0.6 is 15.9 Å². The highest BCUT2D eigenvalue weighted by molar-refractivity contribution is 9.10. The highest BCUT2D eigenvalue weighted by Crippen LogP contribution is 2.30. The van der Waals surface area contributed by atoms with E-state index in [2.05, 4.69) is 30.7 Å². The van der Waals surface area contributed by atoms with E-state index in [-0.39, 0.29) is 7.21 Å². The lowest BCUT2D eigenvalue weighted by molar-refractivity contribution is 0.103. The zero-order valence-corrected chi connectivity index (χ0v) is 17.3. The first-order valence-electron chi connectivity index (χ1n) is 9.71. The van der Waals surface area contributed by atoms with Crippen LogP contribution < -0.4 is 4.90 Å². The summed E-state index contributed by atoms with van der Waals surface area (Å²) in [4.78, 5) is 26.8. The van der Waals surface area contributed by atoms with Crippen LogP contribution in [0, 0.1) is 12.8 Å². The molecule has 1 aliphatic carbocycles. The quantitative estimate of drug-likeness (QED) is 0.672. The van der Waals surface area contributed by atoms with Crippen molar-refractivity contribution in [2.45, 2.75) is 26.2 Å². The number of pyridine rings is 2. The standard InChI is InChI=1S/C21H25BrN4O.H2/c1-15-18(12-17(22)13-23-15)21(27)19-4-2-5-20(24-19)26-9-3-8-25(10-11-26)14-16-6-7-16;/h2,4-5,12-13,16H,3,6-11,14H2,1H3;1H. The second-order valence-electron chi connectivity index (χ2n) is 7.58. The summed E-state index contributed by atoms with van der Waals surface area (Å²) in [5.74, 6) is 1.75. The lowest BCUT2D eigenvalue weighted by atomic mass is 10.1. The van der Waals surface area contributed by atoms with Gasteiger partial charge in [-0.15, -0.1) is 0 Å². The van der Waals surface area contributed by atoms with Crippen molar-refractivity contribution in [1.29, 1.82) is 0 Å². The van der Waals surface area contributed by atoms with Crippen LogP contribution in [-0.2, 0) is 0 Å². The van der Waals surface area contributed by atoms with Crippen LogP contribution in [0.15, 0.2) is 34.9 Å². The van der Waals surface area contributed by atoms with Gasteiger partial charge in [0.2, 0.25) is 5.78 Å². The van der Waals surface area contributed by atoms with Crippen LogP contribution in [0.5, 0.6) is 0 Å².